The Bertz CT molecular complexity index is 1000. The van der Waals surface area contributed by atoms with Crippen molar-refractivity contribution < 1.29 is 9.21 Å². The second-order valence-corrected chi connectivity index (χ2v) is 6.12. The van der Waals surface area contributed by atoms with E-state index in [0.29, 0.717) is 13.0 Å². The van der Waals surface area contributed by atoms with E-state index in [1.807, 2.05) is 59.2 Å². The molecule has 0 unspecified atom stereocenters. The summed E-state index contributed by atoms with van der Waals surface area (Å²) >= 11 is 0. The summed E-state index contributed by atoms with van der Waals surface area (Å²) in [6, 6.07) is 21.7. The SMILES string of the molecule is O=C(Cn1c(Cc2ccccc2)nc2ccccc21)NCc1ccco1. The number of nitrogens with one attached hydrogen (secondary N) is 1. The van der Waals surface area contributed by atoms with Crippen LogP contribution in [0.5, 0.6) is 0 Å². The average molecular weight is 345 g/mol. The van der Waals surface area contributed by atoms with Crippen molar-refractivity contribution in [1.82, 2.24) is 14.9 Å². The van der Waals surface area contributed by atoms with Gasteiger partial charge in [-0.15, -0.1) is 0 Å². The summed E-state index contributed by atoms with van der Waals surface area (Å²) in [4.78, 5) is 17.2. The third-order valence-electron chi connectivity index (χ3n) is 4.28. The molecule has 5 heteroatoms. The minimum absolute atomic E-state index is 0.0705. The van der Waals surface area contributed by atoms with Crippen LogP contribution in [0.2, 0.25) is 0 Å². The van der Waals surface area contributed by atoms with E-state index in [4.69, 9.17) is 9.40 Å². The topological polar surface area (TPSA) is 60.1 Å². The molecule has 2 heterocycles. The van der Waals surface area contributed by atoms with Gasteiger partial charge in [0.05, 0.1) is 23.8 Å². The molecule has 130 valence electrons. The number of benzene rings is 2. The Morgan fingerprint density at radius 3 is 2.62 bits per heavy atom. The van der Waals surface area contributed by atoms with Crippen LogP contribution in [0.25, 0.3) is 11.0 Å². The third-order valence-corrected chi connectivity index (χ3v) is 4.28. The molecule has 0 aliphatic heterocycles. The molecule has 0 spiro atoms. The number of hydrogen-bond donors (Lipinski definition) is 1. The quantitative estimate of drug-likeness (QED) is 0.581. The van der Waals surface area contributed by atoms with E-state index < -0.39 is 0 Å². The highest BCUT2D eigenvalue weighted by molar-refractivity contribution is 5.81. The first kappa shape index (κ1) is 16.1. The van der Waals surface area contributed by atoms with Gasteiger partial charge in [-0.2, -0.15) is 0 Å². The fraction of sp³-hybridized carbons (Fsp3) is 0.143. The number of imidazole rings is 1. The zero-order valence-electron chi connectivity index (χ0n) is 14.3. The molecular formula is C21H19N3O2. The van der Waals surface area contributed by atoms with Crippen LogP contribution in [0.1, 0.15) is 17.1 Å². The Balaban J connectivity index is 1.57. The molecule has 0 radical (unpaired) electrons. The van der Waals surface area contributed by atoms with Crippen molar-refractivity contribution in [3.63, 3.8) is 0 Å². The first-order valence-electron chi connectivity index (χ1n) is 8.57. The van der Waals surface area contributed by atoms with Gasteiger partial charge in [0.1, 0.15) is 18.1 Å². The highest BCUT2D eigenvalue weighted by atomic mass is 16.3. The van der Waals surface area contributed by atoms with Crippen molar-refractivity contribution in [2.75, 3.05) is 0 Å². The molecular weight excluding hydrogens is 326 g/mol. The van der Waals surface area contributed by atoms with E-state index in [-0.39, 0.29) is 12.5 Å². The molecule has 0 fully saturated rings. The molecule has 4 aromatic rings. The zero-order valence-corrected chi connectivity index (χ0v) is 14.3. The lowest BCUT2D eigenvalue weighted by Gasteiger charge is -2.10. The van der Waals surface area contributed by atoms with Gasteiger partial charge in [-0.1, -0.05) is 42.5 Å². The summed E-state index contributed by atoms with van der Waals surface area (Å²) in [5.41, 5.74) is 3.03. The predicted molar refractivity (Wildman–Crippen MR) is 99.5 cm³/mol. The van der Waals surface area contributed by atoms with Gasteiger partial charge in [0.25, 0.3) is 0 Å². The van der Waals surface area contributed by atoms with Crippen molar-refractivity contribution in [3.8, 4) is 0 Å². The predicted octanol–water partition coefficient (Wildman–Crippen LogP) is 3.54. The molecule has 26 heavy (non-hydrogen) atoms. The lowest BCUT2D eigenvalue weighted by molar-refractivity contribution is -0.121. The highest BCUT2D eigenvalue weighted by Gasteiger charge is 2.14. The van der Waals surface area contributed by atoms with E-state index >= 15 is 0 Å². The number of para-hydroxylation sites is 2. The van der Waals surface area contributed by atoms with E-state index in [1.54, 1.807) is 6.26 Å². The summed E-state index contributed by atoms with van der Waals surface area (Å²) in [7, 11) is 0. The molecule has 0 aliphatic rings. The van der Waals surface area contributed by atoms with Crippen LogP contribution in [0, 0.1) is 0 Å². The Hall–Kier alpha value is -3.34. The minimum Gasteiger partial charge on any atom is -0.467 e. The summed E-state index contributed by atoms with van der Waals surface area (Å²) < 4.78 is 7.24. The lowest BCUT2D eigenvalue weighted by atomic mass is 10.1. The monoisotopic (exact) mass is 345 g/mol. The van der Waals surface area contributed by atoms with Gasteiger partial charge in [0.2, 0.25) is 5.91 Å². The van der Waals surface area contributed by atoms with E-state index in [9.17, 15) is 4.79 Å². The second kappa shape index (κ2) is 7.27. The zero-order chi connectivity index (χ0) is 17.8. The van der Waals surface area contributed by atoms with Crippen LogP contribution in [0.4, 0.5) is 0 Å². The molecule has 1 amide bonds. The van der Waals surface area contributed by atoms with Crippen LogP contribution < -0.4 is 5.32 Å². The van der Waals surface area contributed by atoms with Gasteiger partial charge in [-0.05, 0) is 29.8 Å². The standard InChI is InChI=1S/C21H19N3O2/c25-21(22-14-17-9-6-12-26-17)15-24-19-11-5-4-10-18(19)23-20(24)13-16-7-2-1-3-8-16/h1-12H,13-15H2,(H,22,25). The number of furan rings is 1. The molecule has 2 aromatic heterocycles. The number of hydrogen-bond acceptors (Lipinski definition) is 3. The summed E-state index contributed by atoms with van der Waals surface area (Å²) in [6.45, 7) is 0.607. The Morgan fingerprint density at radius 1 is 1.00 bits per heavy atom. The van der Waals surface area contributed by atoms with Crippen LogP contribution in [0.15, 0.2) is 77.4 Å². The summed E-state index contributed by atoms with van der Waals surface area (Å²) in [5, 5.41) is 2.90. The van der Waals surface area contributed by atoms with E-state index in [0.717, 1.165) is 22.6 Å². The Kier molecular flexibility index (Phi) is 4.51. The van der Waals surface area contributed by atoms with E-state index in [2.05, 4.69) is 17.4 Å². The number of rotatable bonds is 6. The van der Waals surface area contributed by atoms with Crippen molar-refractivity contribution in [2.45, 2.75) is 19.5 Å². The maximum Gasteiger partial charge on any atom is 0.240 e. The van der Waals surface area contributed by atoms with Gasteiger partial charge >= 0.3 is 0 Å². The number of amides is 1. The lowest BCUT2D eigenvalue weighted by Crippen LogP contribution is -2.27. The average Bonchev–Trinajstić information content (AvgIpc) is 3.30. The number of nitrogens with zero attached hydrogens (tertiary/aromatic N) is 2. The molecule has 4 rings (SSSR count). The van der Waals surface area contributed by atoms with Crippen molar-refractivity contribution in [2.24, 2.45) is 0 Å². The first-order valence-corrected chi connectivity index (χ1v) is 8.57. The van der Waals surface area contributed by atoms with Crippen molar-refractivity contribution >= 4 is 16.9 Å². The fourth-order valence-electron chi connectivity index (χ4n) is 3.01. The third kappa shape index (κ3) is 3.52. The van der Waals surface area contributed by atoms with Crippen LogP contribution in [-0.4, -0.2) is 15.5 Å². The van der Waals surface area contributed by atoms with Crippen molar-refractivity contribution in [1.29, 1.82) is 0 Å². The summed E-state index contributed by atoms with van der Waals surface area (Å²) in [5.74, 6) is 1.54. The maximum atomic E-state index is 12.5. The fourth-order valence-corrected chi connectivity index (χ4v) is 3.01. The highest BCUT2D eigenvalue weighted by Crippen LogP contribution is 2.18. The van der Waals surface area contributed by atoms with Crippen molar-refractivity contribution in [3.05, 3.63) is 90.1 Å². The second-order valence-electron chi connectivity index (χ2n) is 6.12. The smallest absolute Gasteiger partial charge is 0.240 e. The largest absolute Gasteiger partial charge is 0.467 e. The molecule has 2 aromatic carbocycles. The first-order chi connectivity index (χ1) is 12.8. The molecule has 0 bridgehead atoms. The van der Waals surface area contributed by atoms with Crippen LogP contribution >= 0.6 is 0 Å². The van der Waals surface area contributed by atoms with Gasteiger partial charge in [0.15, 0.2) is 0 Å². The number of carbonyl (C=O) groups is 1. The Labute approximate surface area is 151 Å². The van der Waals surface area contributed by atoms with Gasteiger partial charge < -0.3 is 14.3 Å². The molecule has 0 saturated carbocycles. The number of aromatic nitrogens is 2. The van der Waals surface area contributed by atoms with Gasteiger partial charge in [0, 0.05) is 6.42 Å². The van der Waals surface area contributed by atoms with Crippen LogP contribution in [-0.2, 0) is 24.3 Å². The molecule has 1 N–H and O–H groups in total. The number of fused-ring (bicyclic) bond motifs is 1. The van der Waals surface area contributed by atoms with Gasteiger partial charge in [-0.3, -0.25) is 4.79 Å². The summed E-state index contributed by atoms with van der Waals surface area (Å²) in [6.07, 6.45) is 2.28. The van der Waals surface area contributed by atoms with Crippen LogP contribution in [0.3, 0.4) is 0 Å². The molecule has 5 nitrogen and oxygen atoms in total. The van der Waals surface area contributed by atoms with E-state index in [1.165, 1.54) is 5.56 Å². The molecule has 0 saturated heterocycles. The molecule has 0 aliphatic carbocycles. The number of carbonyl (C=O) groups excluding carboxylic acids is 1. The Morgan fingerprint density at radius 2 is 1.81 bits per heavy atom. The minimum atomic E-state index is -0.0705. The normalized spacial score (nSPS) is 10.9. The molecule has 0 atom stereocenters. The maximum absolute atomic E-state index is 12.5. The van der Waals surface area contributed by atoms with Gasteiger partial charge in [-0.25, -0.2) is 4.98 Å².